The number of carbonyl (C=O) groups excluding carboxylic acids is 1. The van der Waals surface area contributed by atoms with Gasteiger partial charge in [-0.25, -0.2) is 0 Å². The molecule has 1 unspecified atom stereocenters. The third-order valence-corrected chi connectivity index (χ3v) is 4.90. The highest BCUT2D eigenvalue weighted by molar-refractivity contribution is 9.10. The van der Waals surface area contributed by atoms with E-state index >= 15 is 0 Å². The fraction of sp³-hybridized carbons (Fsp3) is 0.533. The summed E-state index contributed by atoms with van der Waals surface area (Å²) in [7, 11) is 0. The van der Waals surface area contributed by atoms with Gasteiger partial charge in [-0.15, -0.1) is 0 Å². The van der Waals surface area contributed by atoms with Crippen molar-refractivity contribution < 1.29 is 9.53 Å². The van der Waals surface area contributed by atoms with E-state index in [0.29, 0.717) is 17.9 Å². The van der Waals surface area contributed by atoms with Crippen molar-refractivity contribution in [2.24, 2.45) is 5.92 Å². The van der Waals surface area contributed by atoms with Crippen molar-refractivity contribution in [3.8, 4) is 0 Å². The summed E-state index contributed by atoms with van der Waals surface area (Å²) in [6, 6.07) is 5.49. The normalized spacial score (nSPS) is 25.0. The number of halogens is 1. The van der Waals surface area contributed by atoms with Crippen LogP contribution in [0, 0.1) is 5.92 Å². The lowest BCUT2D eigenvalue weighted by atomic mass is 9.70. The van der Waals surface area contributed by atoms with E-state index in [1.807, 2.05) is 12.1 Å². The number of hydrogen-bond acceptors (Lipinski definition) is 3. The van der Waals surface area contributed by atoms with Crippen molar-refractivity contribution in [3.05, 3.63) is 28.2 Å². The Hall–Kier alpha value is -0.870. The molecule has 0 aromatic heterocycles. The standard InChI is InChI=1S/C15H18BrNO2/c16-11-2-3-13(17)12(8-11)14(18)10-4-7-19-15(9-10)5-1-6-15/h2-3,8,10H,1,4-7,9,17H2. The molecule has 4 heteroatoms. The van der Waals surface area contributed by atoms with E-state index in [2.05, 4.69) is 15.9 Å². The van der Waals surface area contributed by atoms with Gasteiger partial charge >= 0.3 is 0 Å². The van der Waals surface area contributed by atoms with Gasteiger partial charge in [0.2, 0.25) is 0 Å². The second kappa shape index (κ2) is 4.91. The molecule has 2 aliphatic rings. The number of ether oxygens (including phenoxy) is 1. The molecule has 1 aliphatic carbocycles. The van der Waals surface area contributed by atoms with Crippen molar-refractivity contribution in [1.29, 1.82) is 0 Å². The average molecular weight is 324 g/mol. The topological polar surface area (TPSA) is 52.3 Å². The summed E-state index contributed by atoms with van der Waals surface area (Å²) in [4.78, 5) is 12.6. The Bertz CT molecular complexity index is 511. The zero-order valence-electron chi connectivity index (χ0n) is 10.8. The fourth-order valence-corrected chi connectivity index (χ4v) is 3.49. The summed E-state index contributed by atoms with van der Waals surface area (Å²) >= 11 is 3.40. The van der Waals surface area contributed by atoms with Crippen LogP contribution in [0.25, 0.3) is 0 Å². The number of rotatable bonds is 2. The van der Waals surface area contributed by atoms with Crippen LogP contribution in [-0.2, 0) is 4.74 Å². The molecule has 3 nitrogen and oxygen atoms in total. The highest BCUT2D eigenvalue weighted by Gasteiger charge is 2.44. The first-order chi connectivity index (χ1) is 9.10. The Morgan fingerprint density at radius 2 is 2.21 bits per heavy atom. The number of ketones is 1. The second-order valence-corrected chi connectivity index (χ2v) is 6.59. The minimum atomic E-state index is -0.000644. The van der Waals surface area contributed by atoms with E-state index in [1.54, 1.807) is 6.07 Å². The summed E-state index contributed by atoms with van der Waals surface area (Å²) in [5.41, 5.74) is 7.16. The van der Waals surface area contributed by atoms with Crippen LogP contribution in [0.2, 0.25) is 0 Å². The molecule has 1 aromatic rings. The van der Waals surface area contributed by atoms with E-state index < -0.39 is 0 Å². The van der Waals surface area contributed by atoms with Gasteiger partial charge in [0.05, 0.1) is 5.60 Å². The fourth-order valence-electron chi connectivity index (χ4n) is 3.13. The Kier molecular flexibility index (Phi) is 3.39. The number of nitrogen functional groups attached to an aromatic ring is 1. The van der Waals surface area contributed by atoms with Crippen LogP contribution in [0.15, 0.2) is 22.7 Å². The van der Waals surface area contributed by atoms with Gasteiger partial charge in [0, 0.05) is 28.2 Å². The van der Waals surface area contributed by atoms with Gasteiger partial charge in [0.15, 0.2) is 5.78 Å². The molecule has 1 aromatic carbocycles. The van der Waals surface area contributed by atoms with Crippen molar-refractivity contribution in [3.63, 3.8) is 0 Å². The predicted octanol–water partition coefficient (Wildman–Crippen LogP) is 3.56. The molecule has 1 atom stereocenters. The highest BCUT2D eigenvalue weighted by atomic mass is 79.9. The molecule has 102 valence electrons. The van der Waals surface area contributed by atoms with E-state index in [0.717, 1.165) is 30.2 Å². The van der Waals surface area contributed by atoms with Gasteiger partial charge in [-0.1, -0.05) is 15.9 Å². The summed E-state index contributed by atoms with van der Waals surface area (Å²) in [5.74, 6) is 0.235. The molecule has 1 saturated carbocycles. The lowest BCUT2D eigenvalue weighted by Crippen LogP contribution is -2.47. The molecule has 1 saturated heterocycles. The smallest absolute Gasteiger partial charge is 0.168 e. The first-order valence-electron chi connectivity index (χ1n) is 6.83. The molecule has 2 N–H and O–H groups in total. The zero-order valence-corrected chi connectivity index (χ0v) is 12.4. The van der Waals surface area contributed by atoms with Gasteiger partial charge in [0.25, 0.3) is 0 Å². The van der Waals surface area contributed by atoms with Crippen molar-refractivity contribution in [2.45, 2.75) is 37.7 Å². The molecule has 19 heavy (non-hydrogen) atoms. The average Bonchev–Trinajstić information content (AvgIpc) is 2.39. The minimum Gasteiger partial charge on any atom is -0.398 e. The van der Waals surface area contributed by atoms with Crippen molar-refractivity contribution in [2.75, 3.05) is 12.3 Å². The number of nitrogens with two attached hydrogens (primary N) is 1. The highest BCUT2D eigenvalue weighted by Crippen LogP contribution is 2.45. The third kappa shape index (κ3) is 2.43. The van der Waals surface area contributed by atoms with E-state index in [-0.39, 0.29) is 17.3 Å². The maximum absolute atomic E-state index is 12.6. The number of carbonyl (C=O) groups is 1. The summed E-state index contributed by atoms with van der Waals surface area (Å²) in [6.07, 6.45) is 5.10. The van der Waals surface area contributed by atoms with E-state index in [9.17, 15) is 4.79 Å². The van der Waals surface area contributed by atoms with Crippen LogP contribution >= 0.6 is 15.9 Å². The van der Waals surface area contributed by atoms with Crippen LogP contribution in [0.5, 0.6) is 0 Å². The lowest BCUT2D eigenvalue weighted by molar-refractivity contribution is -0.137. The van der Waals surface area contributed by atoms with Crippen LogP contribution in [0.1, 0.15) is 42.5 Å². The monoisotopic (exact) mass is 323 g/mol. The SMILES string of the molecule is Nc1ccc(Br)cc1C(=O)C1CCOC2(CCC2)C1. The molecule has 2 fully saturated rings. The first-order valence-corrected chi connectivity index (χ1v) is 7.62. The third-order valence-electron chi connectivity index (χ3n) is 4.41. The molecule has 0 amide bonds. The van der Waals surface area contributed by atoms with Crippen LogP contribution < -0.4 is 5.73 Å². The summed E-state index contributed by atoms with van der Waals surface area (Å²) < 4.78 is 6.78. The van der Waals surface area contributed by atoms with Crippen molar-refractivity contribution >= 4 is 27.4 Å². The van der Waals surface area contributed by atoms with Gasteiger partial charge in [-0.3, -0.25) is 4.79 Å². The molecule has 3 rings (SSSR count). The summed E-state index contributed by atoms with van der Waals surface area (Å²) in [5, 5.41) is 0. The predicted molar refractivity (Wildman–Crippen MR) is 78.1 cm³/mol. The number of hydrogen-bond donors (Lipinski definition) is 1. The maximum atomic E-state index is 12.6. The Labute approximate surface area is 121 Å². The van der Waals surface area contributed by atoms with Crippen LogP contribution in [0.4, 0.5) is 5.69 Å². The number of Topliss-reactive ketones (excluding diaryl/α,β-unsaturated/α-hetero) is 1. The van der Waals surface area contributed by atoms with Gasteiger partial charge in [-0.05, 0) is 50.3 Å². The van der Waals surface area contributed by atoms with Gasteiger partial charge < -0.3 is 10.5 Å². The second-order valence-electron chi connectivity index (χ2n) is 5.67. The van der Waals surface area contributed by atoms with E-state index in [4.69, 9.17) is 10.5 Å². The lowest BCUT2D eigenvalue weighted by Gasteiger charge is -2.46. The minimum absolute atomic E-state index is 0.000644. The van der Waals surface area contributed by atoms with Crippen LogP contribution in [0.3, 0.4) is 0 Å². The summed E-state index contributed by atoms with van der Waals surface area (Å²) in [6.45, 7) is 0.699. The van der Waals surface area contributed by atoms with Gasteiger partial charge in [0.1, 0.15) is 0 Å². The Balaban J connectivity index is 1.81. The number of benzene rings is 1. The Morgan fingerprint density at radius 1 is 1.42 bits per heavy atom. The number of anilines is 1. The van der Waals surface area contributed by atoms with Crippen LogP contribution in [-0.4, -0.2) is 18.0 Å². The molecule has 1 aliphatic heterocycles. The van der Waals surface area contributed by atoms with Gasteiger partial charge in [-0.2, -0.15) is 0 Å². The Morgan fingerprint density at radius 3 is 2.89 bits per heavy atom. The quantitative estimate of drug-likeness (QED) is 0.668. The largest absolute Gasteiger partial charge is 0.398 e. The first kappa shape index (κ1) is 13.1. The molecular weight excluding hydrogens is 306 g/mol. The molecular formula is C15H18BrNO2. The maximum Gasteiger partial charge on any atom is 0.168 e. The molecule has 1 heterocycles. The molecule has 0 radical (unpaired) electrons. The molecule has 0 bridgehead atoms. The zero-order chi connectivity index (χ0) is 13.5. The van der Waals surface area contributed by atoms with Crippen molar-refractivity contribution in [1.82, 2.24) is 0 Å². The van der Waals surface area contributed by atoms with E-state index in [1.165, 1.54) is 6.42 Å². The molecule has 1 spiro atoms.